The molecule has 2 aromatic rings. The Kier molecular flexibility index (Phi) is 5.60. The van der Waals surface area contributed by atoms with Gasteiger partial charge in [-0.05, 0) is 30.3 Å². The van der Waals surface area contributed by atoms with Gasteiger partial charge in [-0.1, -0.05) is 0 Å². The van der Waals surface area contributed by atoms with Crippen LogP contribution in [0.1, 0.15) is 21.5 Å². The maximum atomic E-state index is 14.1. The standard InChI is InChI=1S/C19H14F4N4O3/c20-15-9-12(11-24)1-3-14(15)18(28)26-7-5-25(6-8-26)16-4-2-13(19(21,22)23)10-17(16)27(29)30/h1-4,9-10H,5-8H2. The van der Waals surface area contributed by atoms with E-state index in [9.17, 15) is 32.5 Å². The number of alkyl halides is 3. The number of rotatable bonds is 3. The fourth-order valence-corrected chi connectivity index (χ4v) is 3.19. The van der Waals surface area contributed by atoms with Crippen molar-refractivity contribution in [3.63, 3.8) is 0 Å². The highest BCUT2D eigenvalue weighted by molar-refractivity contribution is 5.94. The lowest BCUT2D eigenvalue weighted by molar-refractivity contribution is -0.384. The van der Waals surface area contributed by atoms with Crippen molar-refractivity contribution in [1.29, 1.82) is 5.26 Å². The van der Waals surface area contributed by atoms with Crippen molar-refractivity contribution in [1.82, 2.24) is 4.90 Å². The Morgan fingerprint density at radius 3 is 2.30 bits per heavy atom. The van der Waals surface area contributed by atoms with Crippen LogP contribution in [0.5, 0.6) is 0 Å². The van der Waals surface area contributed by atoms with Gasteiger partial charge >= 0.3 is 6.18 Å². The number of carbonyl (C=O) groups excluding carboxylic acids is 1. The molecule has 0 aromatic heterocycles. The van der Waals surface area contributed by atoms with Gasteiger partial charge in [0.25, 0.3) is 11.6 Å². The van der Waals surface area contributed by atoms with E-state index in [1.165, 1.54) is 21.9 Å². The van der Waals surface area contributed by atoms with E-state index in [2.05, 4.69) is 0 Å². The maximum absolute atomic E-state index is 14.1. The van der Waals surface area contributed by atoms with Crippen LogP contribution >= 0.6 is 0 Å². The molecule has 0 unspecified atom stereocenters. The largest absolute Gasteiger partial charge is 0.416 e. The maximum Gasteiger partial charge on any atom is 0.416 e. The van der Waals surface area contributed by atoms with Crippen LogP contribution in [0.2, 0.25) is 0 Å². The Hall–Kier alpha value is -3.68. The summed E-state index contributed by atoms with van der Waals surface area (Å²) in [6.45, 7) is 0.429. The van der Waals surface area contributed by atoms with Gasteiger partial charge < -0.3 is 9.80 Å². The van der Waals surface area contributed by atoms with E-state index in [-0.39, 0.29) is 43.0 Å². The zero-order valence-electron chi connectivity index (χ0n) is 15.3. The molecule has 11 heteroatoms. The summed E-state index contributed by atoms with van der Waals surface area (Å²) in [6.07, 6.45) is -4.71. The van der Waals surface area contributed by atoms with Crippen LogP contribution in [0, 0.1) is 27.3 Å². The highest BCUT2D eigenvalue weighted by Crippen LogP contribution is 2.36. The molecule has 1 saturated heterocycles. The highest BCUT2D eigenvalue weighted by Gasteiger charge is 2.34. The van der Waals surface area contributed by atoms with Gasteiger partial charge in [-0.3, -0.25) is 14.9 Å². The van der Waals surface area contributed by atoms with Gasteiger partial charge in [0.2, 0.25) is 0 Å². The fourth-order valence-electron chi connectivity index (χ4n) is 3.19. The molecule has 0 aliphatic carbocycles. The van der Waals surface area contributed by atoms with Crippen LogP contribution in [-0.4, -0.2) is 41.9 Å². The van der Waals surface area contributed by atoms with Crippen LogP contribution in [0.4, 0.5) is 28.9 Å². The fraction of sp³-hybridized carbons (Fsp3) is 0.263. The lowest BCUT2D eigenvalue weighted by Crippen LogP contribution is -2.49. The topological polar surface area (TPSA) is 90.5 Å². The predicted octanol–water partition coefficient (Wildman–Crippen LogP) is 3.59. The first-order chi connectivity index (χ1) is 14.1. The molecule has 0 saturated carbocycles. The summed E-state index contributed by atoms with van der Waals surface area (Å²) in [5, 5.41) is 20.0. The summed E-state index contributed by atoms with van der Waals surface area (Å²) < 4.78 is 52.7. The molecule has 0 bridgehead atoms. The van der Waals surface area contributed by atoms with Gasteiger partial charge in [0.1, 0.15) is 11.5 Å². The molecule has 2 aromatic carbocycles. The number of piperazine rings is 1. The van der Waals surface area contributed by atoms with E-state index < -0.39 is 34.1 Å². The number of hydrogen-bond donors (Lipinski definition) is 0. The second-order valence-electron chi connectivity index (χ2n) is 6.54. The zero-order valence-corrected chi connectivity index (χ0v) is 15.3. The minimum Gasteiger partial charge on any atom is -0.362 e. The molecule has 0 spiro atoms. The van der Waals surface area contributed by atoms with Gasteiger partial charge in [-0.2, -0.15) is 18.4 Å². The van der Waals surface area contributed by atoms with Crippen LogP contribution in [0.25, 0.3) is 0 Å². The van der Waals surface area contributed by atoms with Crippen molar-refractivity contribution in [2.24, 2.45) is 0 Å². The molecule has 0 N–H and O–H groups in total. The van der Waals surface area contributed by atoms with E-state index in [1.54, 1.807) is 6.07 Å². The number of carbonyl (C=O) groups is 1. The molecule has 156 valence electrons. The third kappa shape index (κ3) is 4.17. The normalized spacial score (nSPS) is 14.4. The van der Waals surface area contributed by atoms with Crippen LogP contribution in [-0.2, 0) is 6.18 Å². The molecule has 0 atom stereocenters. The van der Waals surface area contributed by atoms with Gasteiger partial charge in [0.15, 0.2) is 0 Å². The lowest BCUT2D eigenvalue weighted by atomic mass is 10.1. The minimum absolute atomic E-state index is 0.0182. The number of amides is 1. The van der Waals surface area contributed by atoms with E-state index in [4.69, 9.17) is 5.26 Å². The number of halogens is 4. The molecular formula is C19H14F4N4O3. The van der Waals surface area contributed by atoms with E-state index in [0.717, 1.165) is 18.2 Å². The Balaban J connectivity index is 1.76. The summed E-state index contributed by atoms with van der Waals surface area (Å²) in [5.74, 6) is -1.43. The van der Waals surface area contributed by atoms with Crippen molar-refractivity contribution >= 4 is 17.3 Å². The second kappa shape index (κ2) is 7.98. The highest BCUT2D eigenvalue weighted by atomic mass is 19.4. The minimum atomic E-state index is -4.71. The molecule has 1 fully saturated rings. The van der Waals surface area contributed by atoms with E-state index >= 15 is 0 Å². The molecule has 7 nitrogen and oxygen atoms in total. The number of benzene rings is 2. The summed E-state index contributed by atoms with van der Waals surface area (Å²) in [7, 11) is 0. The van der Waals surface area contributed by atoms with Gasteiger partial charge in [0, 0.05) is 32.2 Å². The third-order valence-corrected chi connectivity index (χ3v) is 4.74. The zero-order chi connectivity index (χ0) is 22.1. The van der Waals surface area contributed by atoms with Gasteiger partial charge in [0.05, 0.1) is 27.7 Å². The average molecular weight is 422 g/mol. The number of nitriles is 1. The lowest BCUT2D eigenvalue weighted by Gasteiger charge is -2.36. The SMILES string of the molecule is N#Cc1ccc(C(=O)N2CCN(c3ccc(C(F)(F)F)cc3[N+](=O)[O-])CC2)c(F)c1. The number of nitro groups is 1. The molecule has 1 aliphatic rings. The first-order valence-corrected chi connectivity index (χ1v) is 8.71. The monoisotopic (exact) mass is 422 g/mol. The Labute approximate surface area is 167 Å². The van der Waals surface area contributed by atoms with Crippen molar-refractivity contribution in [3.05, 3.63) is 69.0 Å². The van der Waals surface area contributed by atoms with Gasteiger partial charge in [-0.25, -0.2) is 4.39 Å². The molecular weight excluding hydrogens is 408 g/mol. The Bertz CT molecular complexity index is 1040. The van der Waals surface area contributed by atoms with Crippen LogP contribution in [0.3, 0.4) is 0 Å². The van der Waals surface area contributed by atoms with Crippen molar-refractivity contribution in [3.8, 4) is 6.07 Å². The first kappa shape index (κ1) is 21.0. The Morgan fingerprint density at radius 1 is 1.10 bits per heavy atom. The summed E-state index contributed by atoms with van der Waals surface area (Å²) >= 11 is 0. The average Bonchev–Trinajstić information content (AvgIpc) is 2.72. The van der Waals surface area contributed by atoms with Crippen LogP contribution in [0.15, 0.2) is 36.4 Å². The molecule has 1 aliphatic heterocycles. The Morgan fingerprint density at radius 2 is 1.77 bits per heavy atom. The quantitative estimate of drug-likeness (QED) is 0.428. The summed E-state index contributed by atoms with van der Waals surface area (Å²) in [4.78, 5) is 25.8. The molecule has 0 radical (unpaired) electrons. The van der Waals surface area contributed by atoms with Crippen LogP contribution < -0.4 is 4.90 Å². The number of anilines is 1. The number of nitro benzene ring substituents is 1. The van der Waals surface area contributed by atoms with Crippen molar-refractivity contribution < 1.29 is 27.3 Å². The molecule has 3 rings (SSSR count). The van der Waals surface area contributed by atoms with Crippen molar-refractivity contribution in [2.45, 2.75) is 6.18 Å². The number of hydrogen-bond acceptors (Lipinski definition) is 5. The summed E-state index contributed by atoms with van der Waals surface area (Å²) in [6, 6.07) is 7.55. The third-order valence-electron chi connectivity index (χ3n) is 4.74. The second-order valence-corrected chi connectivity index (χ2v) is 6.54. The molecule has 30 heavy (non-hydrogen) atoms. The number of nitrogens with zero attached hydrogens (tertiary/aromatic N) is 4. The van der Waals surface area contributed by atoms with E-state index in [0.29, 0.717) is 6.07 Å². The van der Waals surface area contributed by atoms with Gasteiger partial charge in [-0.15, -0.1) is 0 Å². The molecule has 1 heterocycles. The smallest absolute Gasteiger partial charge is 0.362 e. The first-order valence-electron chi connectivity index (χ1n) is 8.71. The van der Waals surface area contributed by atoms with E-state index in [1.807, 2.05) is 0 Å². The summed E-state index contributed by atoms with van der Waals surface area (Å²) in [5.41, 5.74) is -1.91. The predicted molar refractivity (Wildman–Crippen MR) is 97.3 cm³/mol. The van der Waals surface area contributed by atoms with Crippen molar-refractivity contribution in [2.75, 3.05) is 31.1 Å². The molecule has 1 amide bonds.